The molecule has 4 nitrogen and oxygen atoms in total. The third kappa shape index (κ3) is 1.96. The van der Waals surface area contributed by atoms with Crippen molar-refractivity contribution in [2.45, 2.75) is 20.4 Å². The summed E-state index contributed by atoms with van der Waals surface area (Å²) in [7, 11) is 1.78. The molecule has 2 rings (SSSR count). The summed E-state index contributed by atoms with van der Waals surface area (Å²) in [6.07, 6.45) is 0. The van der Waals surface area contributed by atoms with Crippen LogP contribution in [0.25, 0.3) is 0 Å². The lowest BCUT2D eigenvalue weighted by Gasteiger charge is -2.16. The van der Waals surface area contributed by atoms with Crippen molar-refractivity contribution in [1.29, 1.82) is 0 Å². The van der Waals surface area contributed by atoms with Gasteiger partial charge in [-0.25, -0.2) is 0 Å². The van der Waals surface area contributed by atoms with E-state index in [0.717, 1.165) is 22.6 Å². The molecule has 1 aliphatic heterocycles. The van der Waals surface area contributed by atoms with Gasteiger partial charge in [0.25, 0.3) is 0 Å². The van der Waals surface area contributed by atoms with Crippen molar-refractivity contribution < 1.29 is 14.3 Å². The summed E-state index contributed by atoms with van der Waals surface area (Å²) >= 11 is 0. The molecule has 0 bridgehead atoms. The Morgan fingerprint density at radius 1 is 1.38 bits per heavy atom. The van der Waals surface area contributed by atoms with Crippen LogP contribution in [-0.4, -0.2) is 24.6 Å². The summed E-state index contributed by atoms with van der Waals surface area (Å²) in [5.74, 6) is 1.60. The number of amides is 1. The molecular formula is C12H15NO3. The fourth-order valence-electron chi connectivity index (χ4n) is 1.62. The first-order valence-electron chi connectivity index (χ1n) is 5.19. The minimum absolute atomic E-state index is 0.0528. The first-order chi connectivity index (χ1) is 7.58. The Morgan fingerprint density at radius 3 is 2.62 bits per heavy atom. The van der Waals surface area contributed by atoms with Crippen molar-refractivity contribution >= 4 is 5.91 Å². The van der Waals surface area contributed by atoms with Crippen LogP contribution >= 0.6 is 0 Å². The van der Waals surface area contributed by atoms with Gasteiger partial charge in [0.1, 0.15) is 0 Å². The maximum Gasteiger partial charge on any atom is 0.231 e. The van der Waals surface area contributed by atoms with Crippen LogP contribution in [0.2, 0.25) is 0 Å². The van der Waals surface area contributed by atoms with Gasteiger partial charge in [-0.05, 0) is 30.2 Å². The van der Waals surface area contributed by atoms with E-state index in [1.165, 1.54) is 0 Å². The minimum atomic E-state index is 0.0528. The molecule has 0 aromatic heterocycles. The van der Waals surface area contributed by atoms with Gasteiger partial charge in [0.15, 0.2) is 11.5 Å². The lowest BCUT2D eigenvalue weighted by Crippen LogP contribution is -2.23. The predicted molar refractivity (Wildman–Crippen MR) is 59.5 cm³/mol. The Morgan fingerprint density at radius 2 is 2.00 bits per heavy atom. The number of nitrogens with zero attached hydrogens (tertiary/aromatic N) is 1. The van der Waals surface area contributed by atoms with Crippen LogP contribution in [0.1, 0.15) is 18.1 Å². The largest absolute Gasteiger partial charge is 0.454 e. The zero-order valence-corrected chi connectivity index (χ0v) is 9.74. The molecule has 4 heteroatoms. The number of rotatable bonds is 2. The number of hydrogen-bond acceptors (Lipinski definition) is 3. The van der Waals surface area contributed by atoms with Crippen molar-refractivity contribution in [2.75, 3.05) is 13.8 Å². The zero-order chi connectivity index (χ0) is 11.7. The summed E-state index contributed by atoms with van der Waals surface area (Å²) in [4.78, 5) is 12.8. The number of aryl methyl sites for hydroxylation is 1. The molecule has 1 aromatic carbocycles. The number of carbonyl (C=O) groups excluding carboxylic acids is 1. The molecule has 1 heterocycles. The fourth-order valence-corrected chi connectivity index (χ4v) is 1.62. The third-order valence-electron chi connectivity index (χ3n) is 2.78. The van der Waals surface area contributed by atoms with Crippen LogP contribution in [0.3, 0.4) is 0 Å². The first kappa shape index (κ1) is 10.8. The zero-order valence-electron chi connectivity index (χ0n) is 9.74. The fraction of sp³-hybridized carbons (Fsp3) is 0.417. The highest BCUT2D eigenvalue weighted by Gasteiger charge is 2.16. The lowest BCUT2D eigenvalue weighted by molar-refractivity contribution is -0.128. The van der Waals surface area contributed by atoms with Gasteiger partial charge in [0.05, 0.1) is 0 Å². The van der Waals surface area contributed by atoms with E-state index in [-0.39, 0.29) is 12.7 Å². The Balaban J connectivity index is 2.25. The quantitative estimate of drug-likeness (QED) is 0.763. The van der Waals surface area contributed by atoms with E-state index in [1.807, 2.05) is 19.1 Å². The van der Waals surface area contributed by atoms with Crippen molar-refractivity contribution in [1.82, 2.24) is 4.90 Å². The molecule has 0 unspecified atom stereocenters. The molecule has 0 spiro atoms. The van der Waals surface area contributed by atoms with Gasteiger partial charge >= 0.3 is 0 Å². The maximum atomic E-state index is 11.2. The molecule has 86 valence electrons. The van der Waals surface area contributed by atoms with E-state index in [9.17, 15) is 4.79 Å². The highest BCUT2D eigenvalue weighted by Crippen LogP contribution is 2.34. The Bertz CT molecular complexity index is 429. The monoisotopic (exact) mass is 221 g/mol. The van der Waals surface area contributed by atoms with Gasteiger partial charge in [0, 0.05) is 20.5 Å². The normalized spacial score (nSPS) is 12.7. The molecule has 0 radical (unpaired) electrons. The second kappa shape index (κ2) is 4.04. The molecule has 1 amide bonds. The van der Waals surface area contributed by atoms with E-state index in [2.05, 4.69) is 0 Å². The van der Waals surface area contributed by atoms with Crippen LogP contribution in [0.5, 0.6) is 11.5 Å². The molecule has 0 fully saturated rings. The average molecular weight is 221 g/mol. The molecule has 0 saturated heterocycles. The molecule has 0 aliphatic carbocycles. The lowest BCUT2D eigenvalue weighted by atomic mass is 10.1. The average Bonchev–Trinajstić information content (AvgIpc) is 2.65. The van der Waals surface area contributed by atoms with Crippen molar-refractivity contribution in [3.05, 3.63) is 23.3 Å². The van der Waals surface area contributed by atoms with Gasteiger partial charge in [-0.15, -0.1) is 0 Å². The Kier molecular flexibility index (Phi) is 2.73. The standard InChI is InChI=1S/C12H15NO3/c1-8-4-11-12(16-7-15-11)5-10(8)6-13(3)9(2)14/h4-5H,6-7H2,1-3H3. The van der Waals surface area contributed by atoms with E-state index in [0.29, 0.717) is 6.54 Å². The van der Waals surface area contributed by atoms with E-state index < -0.39 is 0 Å². The maximum absolute atomic E-state index is 11.2. The van der Waals surface area contributed by atoms with Crippen LogP contribution in [0, 0.1) is 6.92 Å². The number of benzene rings is 1. The van der Waals surface area contributed by atoms with Crippen molar-refractivity contribution in [2.24, 2.45) is 0 Å². The molecule has 0 N–H and O–H groups in total. The van der Waals surface area contributed by atoms with Crippen molar-refractivity contribution in [3.63, 3.8) is 0 Å². The molecule has 16 heavy (non-hydrogen) atoms. The van der Waals surface area contributed by atoms with Gasteiger partial charge in [0.2, 0.25) is 12.7 Å². The SMILES string of the molecule is CC(=O)N(C)Cc1cc2c(cc1C)OCO2. The highest BCUT2D eigenvalue weighted by molar-refractivity contribution is 5.73. The van der Waals surface area contributed by atoms with Crippen molar-refractivity contribution in [3.8, 4) is 11.5 Å². The van der Waals surface area contributed by atoms with Crippen LogP contribution < -0.4 is 9.47 Å². The summed E-state index contributed by atoms with van der Waals surface area (Å²) in [6, 6.07) is 3.89. The molecular weight excluding hydrogens is 206 g/mol. The smallest absolute Gasteiger partial charge is 0.231 e. The number of ether oxygens (including phenoxy) is 2. The summed E-state index contributed by atoms with van der Waals surface area (Å²) in [6.45, 7) is 4.44. The molecule has 1 aliphatic rings. The van der Waals surface area contributed by atoms with Gasteiger partial charge in [-0.1, -0.05) is 0 Å². The first-order valence-corrected chi connectivity index (χ1v) is 5.19. The third-order valence-corrected chi connectivity index (χ3v) is 2.78. The Hall–Kier alpha value is -1.71. The van der Waals surface area contributed by atoms with E-state index in [1.54, 1.807) is 18.9 Å². The van der Waals surface area contributed by atoms with Gasteiger partial charge in [-0.2, -0.15) is 0 Å². The minimum Gasteiger partial charge on any atom is -0.454 e. The second-order valence-electron chi connectivity index (χ2n) is 4.01. The van der Waals surface area contributed by atoms with Crippen LogP contribution in [0.4, 0.5) is 0 Å². The number of fused-ring (bicyclic) bond motifs is 1. The van der Waals surface area contributed by atoms with Gasteiger partial charge < -0.3 is 14.4 Å². The highest BCUT2D eigenvalue weighted by atomic mass is 16.7. The summed E-state index contributed by atoms with van der Waals surface area (Å²) in [5, 5.41) is 0. The molecule has 0 saturated carbocycles. The molecule has 0 atom stereocenters. The topological polar surface area (TPSA) is 38.8 Å². The summed E-state index contributed by atoms with van der Waals surface area (Å²) < 4.78 is 10.6. The number of carbonyl (C=O) groups is 1. The van der Waals surface area contributed by atoms with Crippen LogP contribution in [-0.2, 0) is 11.3 Å². The van der Waals surface area contributed by atoms with E-state index in [4.69, 9.17) is 9.47 Å². The summed E-state index contributed by atoms with van der Waals surface area (Å²) in [5.41, 5.74) is 2.19. The Labute approximate surface area is 94.8 Å². The second-order valence-corrected chi connectivity index (χ2v) is 4.01. The predicted octanol–water partition coefficient (Wildman–Crippen LogP) is 1.70. The van der Waals surface area contributed by atoms with E-state index >= 15 is 0 Å². The van der Waals surface area contributed by atoms with Crippen LogP contribution in [0.15, 0.2) is 12.1 Å². The number of hydrogen-bond donors (Lipinski definition) is 0. The van der Waals surface area contributed by atoms with Gasteiger partial charge in [-0.3, -0.25) is 4.79 Å². The molecule has 1 aromatic rings.